The molecule has 186 valence electrons. The van der Waals surface area contributed by atoms with Crippen molar-refractivity contribution in [2.24, 2.45) is 0 Å². The van der Waals surface area contributed by atoms with Crippen molar-refractivity contribution in [3.63, 3.8) is 0 Å². The highest BCUT2D eigenvalue weighted by Gasteiger charge is 2.28. The topological polar surface area (TPSA) is 42.6 Å². The molecule has 2 heterocycles. The van der Waals surface area contributed by atoms with Gasteiger partial charge in [-0.15, -0.1) is 0 Å². The van der Waals surface area contributed by atoms with Gasteiger partial charge >= 0.3 is 0 Å². The molecule has 5 nitrogen and oxygen atoms in total. The first-order valence-corrected chi connectivity index (χ1v) is 14.0. The molecule has 1 aliphatic heterocycles. The fourth-order valence-electron chi connectivity index (χ4n) is 5.78. The second-order valence-corrected chi connectivity index (χ2v) is 11.0. The van der Waals surface area contributed by atoms with Crippen LogP contribution in [0, 0.1) is 0 Å². The normalized spacial score (nSPS) is 18.2. The number of rotatable bonds is 8. The zero-order valence-corrected chi connectivity index (χ0v) is 22.2. The Morgan fingerprint density at radius 3 is 2.49 bits per heavy atom. The Labute approximate surface area is 217 Å². The van der Waals surface area contributed by atoms with Gasteiger partial charge in [0.2, 0.25) is 5.91 Å². The molecule has 2 fully saturated rings. The highest BCUT2D eigenvalue weighted by atomic mass is 79.9. The van der Waals surface area contributed by atoms with Gasteiger partial charge in [-0.25, -0.2) is 0 Å². The third kappa shape index (κ3) is 6.16. The van der Waals surface area contributed by atoms with Crippen LogP contribution in [0.1, 0.15) is 44.1 Å². The van der Waals surface area contributed by atoms with Gasteiger partial charge in [-0.05, 0) is 68.1 Å². The van der Waals surface area contributed by atoms with Gasteiger partial charge in [0.25, 0.3) is 0 Å². The van der Waals surface area contributed by atoms with Crippen molar-refractivity contribution in [2.75, 3.05) is 44.2 Å². The van der Waals surface area contributed by atoms with Gasteiger partial charge in [0.1, 0.15) is 0 Å². The SMILES string of the molecule is O=C(CN1CCN(CCCc2c[nH]c3ccc(Br)cc23)CC1)N(c1ccccc1)C1CCCCC1. The van der Waals surface area contributed by atoms with Gasteiger partial charge < -0.3 is 14.8 Å². The summed E-state index contributed by atoms with van der Waals surface area (Å²) in [5, 5.41) is 1.32. The number of para-hydroxylation sites is 1. The zero-order valence-electron chi connectivity index (χ0n) is 20.6. The van der Waals surface area contributed by atoms with Crippen molar-refractivity contribution in [3.8, 4) is 0 Å². The number of aromatic nitrogens is 1. The predicted molar refractivity (Wildman–Crippen MR) is 148 cm³/mol. The maximum absolute atomic E-state index is 13.5. The molecule has 0 unspecified atom stereocenters. The van der Waals surface area contributed by atoms with Crippen LogP contribution in [-0.4, -0.2) is 66.0 Å². The van der Waals surface area contributed by atoms with Crippen molar-refractivity contribution < 1.29 is 4.79 Å². The van der Waals surface area contributed by atoms with E-state index < -0.39 is 0 Å². The molecule has 1 N–H and O–H groups in total. The Bertz CT molecular complexity index is 1100. The standard InChI is InChI=1S/C29H37BrN4O/c30-24-13-14-28-27(20-24)23(21-31-28)8-7-15-32-16-18-33(19-17-32)22-29(35)34(25-9-3-1-4-10-25)26-11-5-2-6-12-26/h1,3-4,9-10,13-14,20-21,26,31H,2,5-8,11-12,15-19,22H2. The molecule has 1 aromatic heterocycles. The summed E-state index contributed by atoms with van der Waals surface area (Å²) in [6.45, 7) is 5.67. The number of benzene rings is 2. The van der Waals surface area contributed by atoms with Gasteiger partial charge in [0.15, 0.2) is 0 Å². The van der Waals surface area contributed by atoms with Gasteiger partial charge in [0, 0.05) is 59.5 Å². The molecule has 1 aliphatic carbocycles. The lowest BCUT2D eigenvalue weighted by atomic mass is 9.93. The first-order chi connectivity index (χ1) is 17.2. The summed E-state index contributed by atoms with van der Waals surface area (Å²) in [5.74, 6) is 0.266. The van der Waals surface area contributed by atoms with Crippen LogP contribution in [-0.2, 0) is 11.2 Å². The summed E-state index contributed by atoms with van der Waals surface area (Å²) in [7, 11) is 0. The number of nitrogens with zero attached hydrogens (tertiary/aromatic N) is 3. The van der Waals surface area contributed by atoms with Gasteiger partial charge in [0.05, 0.1) is 6.54 Å². The molecule has 5 rings (SSSR count). The van der Waals surface area contributed by atoms with E-state index in [1.807, 2.05) is 18.2 Å². The van der Waals surface area contributed by atoms with Crippen LogP contribution >= 0.6 is 15.9 Å². The number of amides is 1. The van der Waals surface area contributed by atoms with E-state index in [1.54, 1.807) is 0 Å². The Hall–Kier alpha value is -2.15. The molecule has 1 saturated carbocycles. The lowest BCUT2D eigenvalue weighted by molar-refractivity contribution is -0.120. The van der Waals surface area contributed by atoms with Crippen LogP contribution in [0.25, 0.3) is 10.9 Å². The van der Waals surface area contributed by atoms with Crippen molar-refractivity contribution in [1.82, 2.24) is 14.8 Å². The number of hydrogen-bond donors (Lipinski definition) is 1. The van der Waals surface area contributed by atoms with E-state index in [-0.39, 0.29) is 5.91 Å². The van der Waals surface area contributed by atoms with Gasteiger partial charge in [-0.1, -0.05) is 53.4 Å². The Morgan fingerprint density at radius 2 is 1.71 bits per heavy atom. The number of piperazine rings is 1. The number of aryl methyl sites for hydroxylation is 1. The zero-order chi connectivity index (χ0) is 24.0. The predicted octanol–water partition coefficient (Wildman–Crippen LogP) is 5.85. The van der Waals surface area contributed by atoms with Crippen LogP contribution in [0.15, 0.2) is 59.2 Å². The van der Waals surface area contributed by atoms with Crippen molar-refractivity contribution in [2.45, 2.75) is 51.0 Å². The molecule has 0 spiro atoms. The van der Waals surface area contributed by atoms with E-state index in [1.165, 1.54) is 35.7 Å². The first kappa shape index (κ1) is 24.5. The molecule has 0 bridgehead atoms. The number of H-pyrrole nitrogens is 1. The highest BCUT2D eigenvalue weighted by molar-refractivity contribution is 9.10. The maximum Gasteiger partial charge on any atom is 0.241 e. The van der Waals surface area contributed by atoms with E-state index in [2.05, 4.69) is 72.1 Å². The monoisotopic (exact) mass is 536 g/mol. The minimum atomic E-state index is 0.266. The number of anilines is 1. The van der Waals surface area contributed by atoms with E-state index in [9.17, 15) is 4.79 Å². The minimum absolute atomic E-state index is 0.266. The second-order valence-electron chi connectivity index (χ2n) is 10.1. The van der Waals surface area contributed by atoms with Crippen molar-refractivity contribution in [1.29, 1.82) is 0 Å². The van der Waals surface area contributed by atoms with Gasteiger partial charge in [-0.2, -0.15) is 0 Å². The molecular weight excluding hydrogens is 500 g/mol. The van der Waals surface area contributed by atoms with Crippen molar-refractivity contribution >= 4 is 38.4 Å². The van der Waals surface area contributed by atoms with E-state index in [0.717, 1.165) is 68.6 Å². The molecule has 1 amide bonds. The largest absolute Gasteiger partial charge is 0.361 e. The van der Waals surface area contributed by atoms with E-state index in [0.29, 0.717) is 12.6 Å². The molecule has 0 radical (unpaired) electrons. The second kappa shape index (κ2) is 11.7. The lowest BCUT2D eigenvalue weighted by Gasteiger charge is -2.38. The third-order valence-corrected chi connectivity index (χ3v) is 8.21. The van der Waals surface area contributed by atoms with E-state index in [4.69, 9.17) is 0 Å². The Morgan fingerprint density at radius 1 is 0.971 bits per heavy atom. The summed E-state index contributed by atoms with van der Waals surface area (Å²) in [5.41, 5.74) is 3.67. The first-order valence-electron chi connectivity index (χ1n) is 13.2. The highest BCUT2D eigenvalue weighted by Crippen LogP contribution is 2.28. The summed E-state index contributed by atoms with van der Waals surface area (Å²) in [6.07, 6.45) is 10.4. The number of fused-ring (bicyclic) bond motifs is 1. The molecule has 0 atom stereocenters. The fraction of sp³-hybridized carbons (Fsp3) is 0.483. The number of halogens is 1. The molecule has 35 heavy (non-hydrogen) atoms. The van der Waals surface area contributed by atoms with Crippen LogP contribution in [0.4, 0.5) is 5.69 Å². The Balaban J connectivity index is 1.10. The molecular formula is C29H37BrN4O. The minimum Gasteiger partial charge on any atom is -0.361 e. The molecule has 6 heteroatoms. The number of carbonyl (C=O) groups is 1. The molecule has 2 aliphatic rings. The van der Waals surface area contributed by atoms with E-state index >= 15 is 0 Å². The summed E-state index contributed by atoms with van der Waals surface area (Å²) in [4.78, 5) is 23.9. The molecule has 1 saturated heterocycles. The van der Waals surface area contributed by atoms with Crippen molar-refractivity contribution in [3.05, 3.63) is 64.8 Å². The number of nitrogens with one attached hydrogen (secondary N) is 1. The molecule has 3 aromatic rings. The van der Waals surface area contributed by atoms with Crippen LogP contribution in [0.5, 0.6) is 0 Å². The van der Waals surface area contributed by atoms with Crippen LogP contribution < -0.4 is 4.90 Å². The summed E-state index contributed by atoms with van der Waals surface area (Å²) >= 11 is 3.60. The average Bonchev–Trinajstić information content (AvgIpc) is 3.28. The van der Waals surface area contributed by atoms with Crippen LogP contribution in [0.2, 0.25) is 0 Å². The van der Waals surface area contributed by atoms with Crippen LogP contribution in [0.3, 0.4) is 0 Å². The lowest BCUT2D eigenvalue weighted by Crippen LogP contribution is -2.52. The quantitative estimate of drug-likeness (QED) is 0.392. The Kier molecular flexibility index (Phi) is 8.22. The number of hydrogen-bond acceptors (Lipinski definition) is 3. The molecule has 2 aromatic carbocycles. The smallest absolute Gasteiger partial charge is 0.241 e. The number of carbonyl (C=O) groups excluding carboxylic acids is 1. The average molecular weight is 538 g/mol. The fourth-order valence-corrected chi connectivity index (χ4v) is 6.14. The number of aromatic amines is 1. The summed E-state index contributed by atoms with van der Waals surface area (Å²) < 4.78 is 1.13. The third-order valence-electron chi connectivity index (χ3n) is 7.72. The van der Waals surface area contributed by atoms with Gasteiger partial charge in [-0.3, -0.25) is 9.69 Å². The maximum atomic E-state index is 13.5. The summed E-state index contributed by atoms with van der Waals surface area (Å²) in [6, 6.07) is 17.1.